The zero-order chi connectivity index (χ0) is 13.9. The minimum atomic E-state index is 0.481. The van der Waals surface area contributed by atoms with Gasteiger partial charge in [-0.25, -0.2) is 0 Å². The molecule has 0 aromatic rings. The minimum Gasteiger partial charge on any atom is -0.380 e. The Hall–Kier alpha value is -0.120. The number of rotatable bonds is 10. The molecule has 1 unspecified atom stereocenters. The standard InChI is InChI=1S/C16H34N2O/c1-15(2)13-17-10-6-4-5-7-11-18-12-8-9-16(14-18)19-3/h15-17H,4-14H2,1-3H3. The van der Waals surface area contributed by atoms with E-state index in [9.17, 15) is 0 Å². The van der Waals surface area contributed by atoms with Gasteiger partial charge >= 0.3 is 0 Å². The number of unbranched alkanes of at least 4 members (excludes halogenated alkanes) is 3. The molecule has 0 radical (unpaired) electrons. The molecular formula is C16H34N2O. The van der Waals surface area contributed by atoms with Crippen LogP contribution in [0.25, 0.3) is 0 Å². The van der Waals surface area contributed by atoms with Crippen molar-refractivity contribution in [3.63, 3.8) is 0 Å². The monoisotopic (exact) mass is 270 g/mol. The van der Waals surface area contributed by atoms with Crippen molar-refractivity contribution < 1.29 is 4.74 Å². The van der Waals surface area contributed by atoms with E-state index >= 15 is 0 Å². The third kappa shape index (κ3) is 8.61. The van der Waals surface area contributed by atoms with Gasteiger partial charge < -0.3 is 15.0 Å². The summed E-state index contributed by atoms with van der Waals surface area (Å²) in [6.07, 6.45) is 8.44. The van der Waals surface area contributed by atoms with Gasteiger partial charge in [-0.1, -0.05) is 26.7 Å². The van der Waals surface area contributed by atoms with Crippen LogP contribution in [0.1, 0.15) is 52.4 Å². The Kier molecular flexibility index (Phi) is 9.48. The van der Waals surface area contributed by atoms with Crippen LogP contribution in [0.3, 0.4) is 0 Å². The van der Waals surface area contributed by atoms with E-state index < -0.39 is 0 Å². The quantitative estimate of drug-likeness (QED) is 0.618. The SMILES string of the molecule is COC1CCCN(CCCCCCNCC(C)C)C1. The van der Waals surface area contributed by atoms with E-state index in [0.717, 1.165) is 19.0 Å². The predicted molar refractivity (Wildman–Crippen MR) is 82.6 cm³/mol. The van der Waals surface area contributed by atoms with E-state index in [-0.39, 0.29) is 0 Å². The van der Waals surface area contributed by atoms with E-state index in [1.54, 1.807) is 0 Å². The van der Waals surface area contributed by atoms with Crippen molar-refractivity contribution in [3.8, 4) is 0 Å². The molecule has 3 heteroatoms. The van der Waals surface area contributed by atoms with Crippen LogP contribution in [0.4, 0.5) is 0 Å². The molecule has 0 bridgehead atoms. The van der Waals surface area contributed by atoms with E-state index in [1.165, 1.54) is 58.2 Å². The summed E-state index contributed by atoms with van der Waals surface area (Å²) in [4.78, 5) is 2.58. The summed E-state index contributed by atoms with van der Waals surface area (Å²) in [7, 11) is 1.85. The second-order valence-electron chi connectivity index (χ2n) is 6.31. The normalized spacial score (nSPS) is 21.2. The van der Waals surface area contributed by atoms with Crippen LogP contribution < -0.4 is 5.32 Å². The van der Waals surface area contributed by atoms with E-state index in [4.69, 9.17) is 4.74 Å². The molecule has 114 valence electrons. The fourth-order valence-electron chi connectivity index (χ4n) is 2.74. The number of nitrogens with one attached hydrogen (secondary N) is 1. The maximum atomic E-state index is 5.46. The van der Waals surface area contributed by atoms with Crippen LogP contribution in [-0.4, -0.2) is 50.8 Å². The van der Waals surface area contributed by atoms with Crippen molar-refractivity contribution >= 4 is 0 Å². The molecule has 19 heavy (non-hydrogen) atoms. The average molecular weight is 270 g/mol. The van der Waals surface area contributed by atoms with Crippen LogP contribution >= 0.6 is 0 Å². The first-order valence-corrected chi connectivity index (χ1v) is 8.18. The van der Waals surface area contributed by atoms with Gasteiger partial charge in [-0.05, 0) is 57.8 Å². The highest BCUT2D eigenvalue weighted by Crippen LogP contribution is 2.13. The van der Waals surface area contributed by atoms with Crippen LogP contribution in [-0.2, 0) is 4.74 Å². The van der Waals surface area contributed by atoms with Gasteiger partial charge in [0, 0.05) is 13.7 Å². The topological polar surface area (TPSA) is 24.5 Å². The molecule has 1 N–H and O–H groups in total. The largest absolute Gasteiger partial charge is 0.380 e. The zero-order valence-corrected chi connectivity index (χ0v) is 13.3. The summed E-state index contributed by atoms with van der Waals surface area (Å²) < 4.78 is 5.46. The maximum absolute atomic E-state index is 5.46. The molecule has 1 rings (SSSR count). The Morgan fingerprint density at radius 1 is 1.21 bits per heavy atom. The highest BCUT2D eigenvalue weighted by Gasteiger charge is 2.18. The van der Waals surface area contributed by atoms with Crippen molar-refractivity contribution in [2.75, 3.05) is 39.8 Å². The van der Waals surface area contributed by atoms with E-state index in [2.05, 4.69) is 24.1 Å². The molecular weight excluding hydrogens is 236 g/mol. The number of ether oxygens (including phenoxy) is 1. The third-order valence-electron chi connectivity index (χ3n) is 3.93. The van der Waals surface area contributed by atoms with Crippen LogP contribution in [0.15, 0.2) is 0 Å². The third-order valence-corrected chi connectivity index (χ3v) is 3.93. The van der Waals surface area contributed by atoms with Gasteiger partial charge in [0.25, 0.3) is 0 Å². The van der Waals surface area contributed by atoms with Gasteiger partial charge in [0.2, 0.25) is 0 Å². The van der Waals surface area contributed by atoms with Gasteiger partial charge in [-0.3, -0.25) is 0 Å². The van der Waals surface area contributed by atoms with Crippen LogP contribution in [0, 0.1) is 5.92 Å². The molecule has 1 aliphatic heterocycles. The zero-order valence-electron chi connectivity index (χ0n) is 13.3. The van der Waals surface area contributed by atoms with Crippen molar-refractivity contribution in [1.82, 2.24) is 10.2 Å². The predicted octanol–water partition coefficient (Wildman–Crippen LogP) is 2.90. The highest BCUT2D eigenvalue weighted by molar-refractivity contribution is 4.72. The lowest BCUT2D eigenvalue weighted by atomic mass is 10.1. The van der Waals surface area contributed by atoms with Gasteiger partial charge in [0.15, 0.2) is 0 Å². The summed E-state index contributed by atoms with van der Waals surface area (Å²) in [6, 6.07) is 0. The van der Waals surface area contributed by atoms with Crippen LogP contribution in [0.5, 0.6) is 0 Å². The molecule has 0 aromatic heterocycles. The molecule has 3 nitrogen and oxygen atoms in total. The van der Waals surface area contributed by atoms with E-state index in [0.29, 0.717) is 6.10 Å². The fourth-order valence-corrected chi connectivity index (χ4v) is 2.74. The molecule has 0 saturated carbocycles. The Labute approximate surface area is 120 Å². The highest BCUT2D eigenvalue weighted by atomic mass is 16.5. The lowest BCUT2D eigenvalue weighted by molar-refractivity contribution is 0.0309. The number of methoxy groups -OCH3 is 1. The minimum absolute atomic E-state index is 0.481. The molecule has 1 fully saturated rings. The Bertz CT molecular complexity index is 209. The molecule has 1 atom stereocenters. The summed E-state index contributed by atoms with van der Waals surface area (Å²) in [5.74, 6) is 0.771. The lowest BCUT2D eigenvalue weighted by Crippen LogP contribution is -2.39. The number of piperidine rings is 1. The molecule has 0 spiro atoms. The Balaban J connectivity index is 1.87. The molecule has 0 amide bonds. The molecule has 1 saturated heterocycles. The fraction of sp³-hybridized carbons (Fsp3) is 1.00. The maximum Gasteiger partial charge on any atom is 0.0698 e. The first kappa shape index (κ1) is 16.9. The lowest BCUT2D eigenvalue weighted by Gasteiger charge is -2.31. The Morgan fingerprint density at radius 3 is 2.74 bits per heavy atom. The molecule has 1 heterocycles. The summed E-state index contributed by atoms with van der Waals surface area (Å²) in [5, 5.41) is 3.51. The second-order valence-corrected chi connectivity index (χ2v) is 6.31. The van der Waals surface area contributed by atoms with Crippen molar-refractivity contribution in [3.05, 3.63) is 0 Å². The molecule has 0 aromatic carbocycles. The average Bonchev–Trinajstić information content (AvgIpc) is 2.41. The summed E-state index contributed by atoms with van der Waals surface area (Å²) in [6.45, 7) is 10.6. The van der Waals surface area contributed by atoms with Crippen molar-refractivity contribution in [2.45, 2.75) is 58.5 Å². The second kappa shape index (κ2) is 10.6. The van der Waals surface area contributed by atoms with Gasteiger partial charge in [-0.2, -0.15) is 0 Å². The van der Waals surface area contributed by atoms with E-state index in [1.807, 2.05) is 7.11 Å². The number of nitrogens with zero attached hydrogens (tertiary/aromatic N) is 1. The van der Waals surface area contributed by atoms with Gasteiger partial charge in [0.1, 0.15) is 0 Å². The number of likely N-dealkylation sites (tertiary alicyclic amines) is 1. The first-order valence-electron chi connectivity index (χ1n) is 8.18. The summed E-state index contributed by atoms with van der Waals surface area (Å²) in [5.41, 5.74) is 0. The first-order chi connectivity index (χ1) is 9.22. The van der Waals surface area contributed by atoms with Crippen molar-refractivity contribution in [2.24, 2.45) is 5.92 Å². The molecule has 1 aliphatic rings. The van der Waals surface area contributed by atoms with Gasteiger partial charge in [0.05, 0.1) is 6.10 Å². The number of hydrogen-bond donors (Lipinski definition) is 1. The van der Waals surface area contributed by atoms with Gasteiger partial charge in [-0.15, -0.1) is 0 Å². The number of hydrogen-bond acceptors (Lipinski definition) is 3. The smallest absolute Gasteiger partial charge is 0.0698 e. The molecule has 0 aliphatic carbocycles. The Morgan fingerprint density at radius 2 is 2.00 bits per heavy atom. The van der Waals surface area contributed by atoms with Crippen LogP contribution in [0.2, 0.25) is 0 Å². The van der Waals surface area contributed by atoms with Crippen molar-refractivity contribution in [1.29, 1.82) is 0 Å². The summed E-state index contributed by atoms with van der Waals surface area (Å²) >= 11 is 0.